The molecule has 0 unspecified atom stereocenters. The normalized spacial score (nSPS) is 32.2. The maximum absolute atomic E-state index is 9.10. The number of imidazole rings is 1. The number of aromatic nitrogens is 3. The number of carboxylic acid groups (broad SMARTS) is 2. The SMILES string of the molecule is O=C(O)C(=O)O.c1cc2nc(C34CC5CC(CC(C5)C3)C4)[nH]c2cn1. The topological polar surface area (TPSA) is 116 Å². The Balaban J connectivity index is 0.000000229. The molecule has 0 amide bonds. The number of nitrogens with one attached hydrogen (secondary N) is 1. The molecule has 3 N–H and O–H groups in total. The van der Waals surface area contributed by atoms with Gasteiger partial charge in [0.05, 0.1) is 17.2 Å². The van der Waals surface area contributed by atoms with Crippen LogP contribution in [0.4, 0.5) is 0 Å². The highest BCUT2D eigenvalue weighted by Crippen LogP contribution is 2.60. The number of nitrogens with zero attached hydrogens (tertiary/aromatic N) is 2. The predicted molar refractivity (Wildman–Crippen MR) is 89.0 cm³/mol. The van der Waals surface area contributed by atoms with Gasteiger partial charge in [0.2, 0.25) is 0 Å². The van der Waals surface area contributed by atoms with Crippen molar-refractivity contribution in [3.8, 4) is 0 Å². The van der Waals surface area contributed by atoms with Crippen LogP contribution >= 0.6 is 0 Å². The van der Waals surface area contributed by atoms with Crippen LogP contribution in [0.15, 0.2) is 18.5 Å². The van der Waals surface area contributed by atoms with Gasteiger partial charge in [0.25, 0.3) is 0 Å². The Kier molecular flexibility index (Phi) is 3.74. The van der Waals surface area contributed by atoms with Crippen LogP contribution in [0.3, 0.4) is 0 Å². The molecule has 6 rings (SSSR count). The van der Waals surface area contributed by atoms with Gasteiger partial charge in [-0.2, -0.15) is 0 Å². The Morgan fingerprint density at radius 1 is 1.04 bits per heavy atom. The number of H-pyrrole nitrogens is 1. The van der Waals surface area contributed by atoms with E-state index in [1.54, 1.807) is 0 Å². The molecule has 4 aliphatic rings. The second kappa shape index (κ2) is 5.82. The summed E-state index contributed by atoms with van der Waals surface area (Å²) in [6.07, 6.45) is 12.3. The van der Waals surface area contributed by atoms with E-state index in [-0.39, 0.29) is 0 Å². The maximum Gasteiger partial charge on any atom is 0.414 e. The Hall–Kier alpha value is -2.44. The van der Waals surface area contributed by atoms with Crippen LogP contribution in [0.5, 0.6) is 0 Å². The van der Waals surface area contributed by atoms with Gasteiger partial charge in [0.1, 0.15) is 5.82 Å². The summed E-state index contributed by atoms with van der Waals surface area (Å²) in [6.45, 7) is 0. The van der Waals surface area contributed by atoms with E-state index in [9.17, 15) is 0 Å². The van der Waals surface area contributed by atoms with Gasteiger partial charge in [0, 0.05) is 11.6 Å². The summed E-state index contributed by atoms with van der Waals surface area (Å²) in [5.74, 6) is 0.521. The van der Waals surface area contributed by atoms with Gasteiger partial charge in [-0.3, -0.25) is 4.98 Å². The van der Waals surface area contributed by atoms with Crippen molar-refractivity contribution in [2.24, 2.45) is 17.8 Å². The van der Waals surface area contributed by atoms with Crippen molar-refractivity contribution in [3.63, 3.8) is 0 Å². The molecule has 2 heterocycles. The maximum atomic E-state index is 9.10. The third-order valence-electron chi connectivity index (χ3n) is 6.01. The highest BCUT2D eigenvalue weighted by atomic mass is 16.4. The molecule has 0 spiro atoms. The Morgan fingerprint density at radius 3 is 2.08 bits per heavy atom. The first-order valence-electron chi connectivity index (χ1n) is 8.71. The van der Waals surface area contributed by atoms with E-state index in [0.717, 1.165) is 28.8 Å². The molecule has 132 valence electrons. The molecule has 4 aliphatic carbocycles. The zero-order valence-electron chi connectivity index (χ0n) is 13.8. The van der Waals surface area contributed by atoms with Gasteiger partial charge >= 0.3 is 11.9 Å². The van der Waals surface area contributed by atoms with Gasteiger partial charge in [-0.1, -0.05) is 0 Å². The van der Waals surface area contributed by atoms with Crippen molar-refractivity contribution in [2.75, 3.05) is 0 Å². The molecule has 0 aromatic carbocycles. The second-order valence-corrected chi connectivity index (χ2v) is 7.79. The van der Waals surface area contributed by atoms with Crippen LogP contribution in [0.2, 0.25) is 0 Å². The Morgan fingerprint density at radius 2 is 1.60 bits per heavy atom. The number of hydrogen-bond donors (Lipinski definition) is 3. The molecule has 2 aromatic rings. The van der Waals surface area contributed by atoms with Crippen molar-refractivity contribution in [1.82, 2.24) is 15.0 Å². The Labute approximate surface area is 144 Å². The van der Waals surface area contributed by atoms with Crippen LogP contribution in [0.25, 0.3) is 11.0 Å². The van der Waals surface area contributed by atoms with Crippen LogP contribution < -0.4 is 0 Å². The largest absolute Gasteiger partial charge is 0.473 e. The number of aromatic amines is 1. The van der Waals surface area contributed by atoms with Crippen LogP contribution in [-0.4, -0.2) is 37.1 Å². The quantitative estimate of drug-likeness (QED) is 0.685. The lowest BCUT2D eigenvalue weighted by Gasteiger charge is -2.55. The lowest BCUT2D eigenvalue weighted by molar-refractivity contribution is -0.159. The first-order chi connectivity index (χ1) is 11.9. The summed E-state index contributed by atoms with van der Waals surface area (Å²) >= 11 is 0. The average molecular weight is 343 g/mol. The summed E-state index contributed by atoms with van der Waals surface area (Å²) in [4.78, 5) is 30.9. The predicted octanol–water partition coefficient (Wildman–Crippen LogP) is 2.58. The molecule has 7 nitrogen and oxygen atoms in total. The van der Waals surface area contributed by atoms with E-state index < -0.39 is 11.9 Å². The van der Waals surface area contributed by atoms with E-state index in [2.05, 4.69) is 9.97 Å². The number of rotatable bonds is 1. The summed E-state index contributed by atoms with van der Waals surface area (Å²) in [7, 11) is 0. The number of aliphatic carboxylic acids is 2. The first kappa shape index (κ1) is 16.1. The molecule has 0 saturated heterocycles. The molecule has 4 fully saturated rings. The molecule has 0 aliphatic heterocycles. The first-order valence-corrected chi connectivity index (χ1v) is 8.71. The zero-order chi connectivity index (χ0) is 17.6. The third kappa shape index (κ3) is 2.88. The van der Waals surface area contributed by atoms with Crippen LogP contribution in [0.1, 0.15) is 44.3 Å². The summed E-state index contributed by atoms with van der Waals surface area (Å²) in [6, 6.07) is 2.02. The fraction of sp³-hybridized carbons (Fsp3) is 0.556. The molecule has 0 radical (unpaired) electrons. The van der Waals surface area contributed by atoms with Gasteiger partial charge in [0.15, 0.2) is 0 Å². The van der Waals surface area contributed by atoms with E-state index in [0.29, 0.717) is 5.41 Å². The van der Waals surface area contributed by atoms with Gasteiger partial charge < -0.3 is 15.2 Å². The minimum absolute atomic E-state index is 0.369. The fourth-order valence-corrected chi connectivity index (χ4v) is 5.51. The monoisotopic (exact) mass is 343 g/mol. The minimum atomic E-state index is -1.82. The van der Waals surface area contributed by atoms with Crippen LogP contribution in [-0.2, 0) is 15.0 Å². The Bertz CT molecular complexity index is 748. The number of hydrogen-bond acceptors (Lipinski definition) is 4. The molecule has 7 heteroatoms. The van der Waals surface area contributed by atoms with Gasteiger partial charge in [-0.15, -0.1) is 0 Å². The minimum Gasteiger partial charge on any atom is -0.473 e. The smallest absolute Gasteiger partial charge is 0.414 e. The van der Waals surface area contributed by atoms with E-state index in [1.807, 2.05) is 18.5 Å². The van der Waals surface area contributed by atoms with E-state index in [4.69, 9.17) is 24.8 Å². The lowest BCUT2D eigenvalue weighted by Crippen LogP contribution is -2.49. The highest BCUT2D eigenvalue weighted by Gasteiger charge is 2.53. The molecule has 25 heavy (non-hydrogen) atoms. The van der Waals surface area contributed by atoms with Crippen molar-refractivity contribution in [2.45, 2.75) is 43.9 Å². The summed E-state index contributed by atoms with van der Waals surface area (Å²) < 4.78 is 0. The molecule has 2 aromatic heterocycles. The van der Waals surface area contributed by atoms with Crippen molar-refractivity contribution < 1.29 is 19.8 Å². The van der Waals surface area contributed by atoms with Crippen molar-refractivity contribution in [3.05, 3.63) is 24.3 Å². The van der Waals surface area contributed by atoms with Crippen LogP contribution in [0, 0.1) is 17.8 Å². The average Bonchev–Trinajstić information content (AvgIpc) is 2.99. The molecule has 4 saturated carbocycles. The second-order valence-electron chi connectivity index (χ2n) is 7.79. The van der Waals surface area contributed by atoms with Crippen molar-refractivity contribution >= 4 is 23.0 Å². The summed E-state index contributed by atoms with van der Waals surface area (Å²) in [5, 5.41) is 14.8. The highest BCUT2D eigenvalue weighted by molar-refractivity contribution is 6.27. The van der Waals surface area contributed by atoms with Gasteiger partial charge in [-0.05, 0) is 62.3 Å². The number of fused-ring (bicyclic) bond motifs is 1. The van der Waals surface area contributed by atoms with Crippen molar-refractivity contribution in [1.29, 1.82) is 0 Å². The summed E-state index contributed by atoms with van der Waals surface area (Å²) in [5.41, 5.74) is 2.56. The number of carboxylic acids is 2. The lowest BCUT2D eigenvalue weighted by atomic mass is 9.49. The molecular formula is C18H21N3O4. The third-order valence-corrected chi connectivity index (χ3v) is 6.01. The number of carbonyl (C=O) groups is 2. The number of pyridine rings is 1. The fourth-order valence-electron chi connectivity index (χ4n) is 5.51. The molecular weight excluding hydrogens is 322 g/mol. The standard InChI is InChI=1S/C16H19N3.C2H2O4/c1-2-17-9-14-13(1)18-15(19-14)16-6-10-3-11(7-16)5-12(4-10)8-16;3-1(4)2(5)6/h1-2,9-12H,3-8H2,(H,18,19);(H,3,4)(H,5,6). The van der Waals surface area contributed by atoms with E-state index >= 15 is 0 Å². The van der Waals surface area contributed by atoms with Gasteiger partial charge in [-0.25, -0.2) is 14.6 Å². The molecule has 4 bridgehead atoms. The molecule has 0 atom stereocenters. The van der Waals surface area contributed by atoms with E-state index in [1.165, 1.54) is 44.3 Å². The zero-order valence-corrected chi connectivity index (χ0v) is 13.8.